The van der Waals surface area contributed by atoms with Gasteiger partial charge in [0.05, 0.1) is 12.7 Å². The molecule has 0 atom stereocenters. The van der Waals surface area contributed by atoms with Crippen molar-refractivity contribution in [3.8, 4) is 0 Å². The third-order valence-corrected chi connectivity index (χ3v) is 3.79. The summed E-state index contributed by atoms with van der Waals surface area (Å²) >= 11 is 5.83. The number of rotatable bonds is 5. The minimum Gasteiger partial charge on any atom is -0.462 e. The molecule has 0 bridgehead atoms. The van der Waals surface area contributed by atoms with Crippen LogP contribution < -0.4 is 5.32 Å². The molecule has 0 radical (unpaired) electrons. The fourth-order valence-electron chi connectivity index (χ4n) is 2.46. The van der Waals surface area contributed by atoms with Crippen LogP contribution >= 0.6 is 11.6 Å². The number of anilines is 1. The van der Waals surface area contributed by atoms with Crippen molar-refractivity contribution in [1.29, 1.82) is 0 Å². The Hall–Kier alpha value is -1.40. The highest BCUT2D eigenvalue weighted by Gasteiger charge is 2.23. The van der Waals surface area contributed by atoms with Crippen molar-refractivity contribution in [3.05, 3.63) is 17.0 Å². The van der Waals surface area contributed by atoms with Gasteiger partial charge in [-0.25, -0.2) is 9.78 Å². The molecular weight excluding hydrogens is 294 g/mol. The molecule has 1 heterocycles. The second kappa shape index (κ2) is 7.56. The first-order valence-electron chi connectivity index (χ1n) is 7.13. The summed E-state index contributed by atoms with van der Waals surface area (Å²) in [5, 5.41) is 3.39. The van der Waals surface area contributed by atoms with E-state index in [0.29, 0.717) is 24.1 Å². The molecule has 7 heteroatoms. The Balaban J connectivity index is 2.08. The Morgan fingerprint density at radius 1 is 1.43 bits per heavy atom. The van der Waals surface area contributed by atoms with Gasteiger partial charge in [0.15, 0.2) is 0 Å². The normalized spacial score (nSPS) is 21.9. The molecule has 0 aromatic carbocycles. The van der Waals surface area contributed by atoms with Crippen LogP contribution in [0.3, 0.4) is 0 Å². The number of methoxy groups -OCH3 is 1. The van der Waals surface area contributed by atoms with Gasteiger partial charge < -0.3 is 14.8 Å². The van der Waals surface area contributed by atoms with Crippen molar-refractivity contribution in [2.24, 2.45) is 0 Å². The molecule has 6 nitrogen and oxygen atoms in total. The number of carbonyl (C=O) groups excluding carboxylic acids is 1. The first kappa shape index (κ1) is 16.0. The van der Waals surface area contributed by atoms with E-state index in [1.165, 1.54) is 6.20 Å². The lowest BCUT2D eigenvalue weighted by Gasteiger charge is -2.28. The summed E-state index contributed by atoms with van der Waals surface area (Å²) in [6, 6.07) is 0.246. The van der Waals surface area contributed by atoms with Crippen LogP contribution in [-0.4, -0.2) is 41.8 Å². The third-order valence-electron chi connectivity index (χ3n) is 3.60. The Kier molecular flexibility index (Phi) is 5.76. The van der Waals surface area contributed by atoms with Crippen LogP contribution in [0, 0.1) is 0 Å². The van der Waals surface area contributed by atoms with E-state index in [2.05, 4.69) is 15.3 Å². The first-order valence-corrected chi connectivity index (χ1v) is 7.50. The molecule has 116 valence electrons. The SMILES string of the molecule is CCOC(=O)c1cnc(Cl)nc1N[C@H]1CC[C@H](OC)CC1. The van der Waals surface area contributed by atoms with E-state index in [1.54, 1.807) is 14.0 Å². The number of carbonyl (C=O) groups is 1. The quantitative estimate of drug-likeness (QED) is 0.665. The van der Waals surface area contributed by atoms with Crippen LogP contribution in [0.25, 0.3) is 0 Å². The van der Waals surface area contributed by atoms with Crippen LogP contribution in [0.1, 0.15) is 43.0 Å². The number of halogens is 1. The lowest BCUT2D eigenvalue weighted by atomic mass is 9.93. The van der Waals surface area contributed by atoms with Crippen LogP contribution in [-0.2, 0) is 9.47 Å². The summed E-state index contributed by atoms with van der Waals surface area (Å²) in [6.45, 7) is 2.06. The van der Waals surface area contributed by atoms with Crippen molar-refractivity contribution < 1.29 is 14.3 Å². The van der Waals surface area contributed by atoms with Gasteiger partial charge >= 0.3 is 5.97 Å². The predicted octanol–water partition coefficient (Wildman–Crippen LogP) is 2.68. The highest BCUT2D eigenvalue weighted by atomic mass is 35.5. The fourth-order valence-corrected chi connectivity index (χ4v) is 2.60. The summed E-state index contributed by atoms with van der Waals surface area (Å²) in [6.07, 6.45) is 5.62. The van der Waals surface area contributed by atoms with Crippen molar-refractivity contribution in [3.63, 3.8) is 0 Å². The van der Waals surface area contributed by atoms with Gasteiger partial charge in [0.2, 0.25) is 5.28 Å². The molecule has 1 saturated carbocycles. The molecule has 0 amide bonds. The topological polar surface area (TPSA) is 73.3 Å². The summed E-state index contributed by atoms with van der Waals surface area (Å²) in [5.41, 5.74) is 0.315. The molecule has 0 unspecified atom stereocenters. The van der Waals surface area contributed by atoms with Crippen LogP contribution in [0.5, 0.6) is 0 Å². The number of hydrogen-bond acceptors (Lipinski definition) is 6. The number of ether oxygens (including phenoxy) is 2. The number of nitrogens with one attached hydrogen (secondary N) is 1. The molecule has 1 aromatic rings. The predicted molar refractivity (Wildman–Crippen MR) is 79.7 cm³/mol. The number of hydrogen-bond donors (Lipinski definition) is 1. The van der Waals surface area contributed by atoms with Gasteiger partial charge in [0.25, 0.3) is 0 Å². The molecule has 1 aliphatic rings. The third kappa shape index (κ3) is 4.28. The number of nitrogens with zero attached hydrogens (tertiary/aromatic N) is 2. The molecule has 21 heavy (non-hydrogen) atoms. The van der Waals surface area contributed by atoms with Gasteiger partial charge in [-0.3, -0.25) is 0 Å². The molecule has 1 aliphatic carbocycles. The van der Waals surface area contributed by atoms with E-state index in [1.807, 2.05) is 0 Å². The summed E-state index contributed by atoms with van der Waals surface area (Å²) in [5.74, 6) is -0.00318. The Morgan fingerprint density at radius 2 is 2.14 bits per heavy atom. The van der Waals surface area contributed by atoms with Gasteiger partial charge in [0, 0.05) is 19.3 Å². The number of aromatic nitrogens is 2. The standard InChI is InChI=1S/C14H20ClN3O3/c1-3-21-13(19)11-8-16-14(15)18-12(11)17-9-4-6-10(20-2)7-5-9/h8-10H,3-7H2,1-2H3,(H,16,17,18)/t9-,10-. The molecule has 0 spiro atoms. The van der Waals surface area contributed by atoms with Crippen LogP contribution in [0.4, 0.5) is 5.82 Å². The van der Waals surface area contributed by atoms with E-state index < -0.39 is 5.97 Å². The lowest BCUT2D eigenvalue weighted by molar-refractivity contribution is 0.0526. The zero-order valence-electron chi connectivity index (χ0n) is 12.3. The molecular formula is C14H20ClN3O3. The maximum atomic E-state index is 11.9. The van der Waals surface area contributed by atoms with Crippen LogP contribution in [0.2, 0.25) is 5.28 Å². The Morgan fingerprint density at radius 3 is 2.76 bits per heavy atom. The number of esters is 1. The van der Waals surface area contributed by atoms with Gasteiger partial charge in [-0.05, 0) is 44.2 Å². The van der Waals surface area contributed by atoms with E-state index in [4.69, 9.17) is 21.1 Å². The summed E-state index contributed by atoms with van der Waals surface area (Å²) in [4.78, 5) is 19.9. The van der Waals surface area contributed by atoms with E-state index in [0.717, 1.165) is 25.7 Å². The Bertz CT molecular complexity index is 490. The Labute approximate surface area is 129 Å². The molecule has 0 aliphatic heterocycles. The van der Waals surface area contributed by atoms with E-state index >= 15 is 0 Å². The second-order valence-electron chi connectivity index (χ2n) is 4.98. The van der Waals surface area contributed by atoms with Gasteiger partial charge in [-0.1, -0.05) is 0 Å². The average Bonchev–Trinajstić information content (AvgIpc) is 2.48. The van der Waals surface area contributed by atoms with Crippen LogP contribution in [0.15, 0.2) is 6.20 Å². The average molecular weight is 314 g/mol. The molecule has 1 fully saturated rings. The van der Waals surface area contributed by atoms with Gasteiger partial charge in [-0.15, -0.1) is 0 Å². The van der Waals surface area contributed by atoms with Crippen molar-refractivity contribution in [2.45, 2.75) is 44.8 Å². The highest BCUT2D eigenvalue weighted by Crippen LogP contribution is 2.25. The monoisotopic (exact) mass is 313 g/mol. The maximum Gasteiger partial charge on any atom is 0.343 e. The fraction of sp³-hybridized carbons (Fsp3) is 0.643. The van der Waals surface area contributed by atoms with Gasteiger partial charge in [-0.2, -0.15) is 4.98 Å². The zero-order chi connectivity index (χ0) is 15.2. The molecule has 0 saturated heterocycles. The maximum absolute atomic E-state index is 11.9. The van der Waals surface area contributed by atoms with E-state index in [-0.39, 0.29) is 11.3 Å². The smallest absolute Gasteiger partial charge is 0.343 e. The molecule has 2 rings (SSSR count). The largest absolute Gasteiger partial charge is 0.462 e. The van der Waals surface area contributed by atoms with Crippen molar-refractivity contribution in [1.82, 2.24) is 9.97 Å². The zero-order valence-corrected chi connectivity index (χ0v) is 13.0. The first-order chi connectivity index (χ1) is 10.1. The van der Waals surface area contributed by atoms with Crippen molar-refractivity contribution in [2.75, 3.05) is 19.0 Å². The highest BCUT2D eigenvalue weighted by molar-refractivity contribution is 6.28. The van der Waals surface area contributed by atoms with Gasteiger partial charge in [0.1, 0.15) is 11.4 Å². The minimum atomic E-state index is -0.442. The second-order valence-corrected chi connectivity index (χ2v) is 5.31. The van der Waals surface area contributed by atoms with E-state index in [9.17, 15) is 4.79 Å². The lowest BCUT2D eigenvalue weighted by Crippen LogP contribution is -2.30. The summed E-state index contributed by atoms with van der Waals surface area (Å²) < 4.78 is 10.4. The van der Waals surface area contributed by atoms with Crippen molar-refractivity contribution >= 4 is 23.4 Å². The minimum absolute atomic E-state index is 0.108. The summed E-state index contributed by atoms with van der Waals surface area (Å²) in [7, 11) is 1.74. The molecule has 1 aromatic heterocycles. The molecule has 1 N–H and O–H groups in total.